The molecule has 0 bridgehead atoms. The quantitative estimate of drug-likeness (QED) is 0.468. The van der Waals surface area contributed by atoms with E-state index in [0.717, 1.165) is 4.57 Å². The largest absolute Gasteiger partial charge is 0.332 e. The van der Waals surface area contributed by atoms with Gasteiger partial charge >= 0.3 is 5.69 Å². The summed E-state index contributed by atoms with van der Waals surface area (Å²) in [5.74, 6) is -1.65. The van der Waals surface area contributed by atoms with Crippen molar-refractivity contribution in [3.8, 4) is 0 Å². The van der Waals surface area contributed by atoms with Crippen LogP contribution in [0.25, 0.3) is 0 Å². The maximum absolute atomic E-state index is 13.4. The number of non-ortho nitro benzene ring substituents is 1. The first-order chi connectivity index (χ1) is 14.8. The van der Waals surface area contributed by atoms with Gasteiger partial charge in [0.15, 0.2) is 5.78 Å². The van der Waals surface area contributed by atoms with E-state index in [-0.39, 0.29) is 22.9 Å². The number of benzene rings is 2. The second kappa shape index (κ2) is 6.43. The molecule has 5 rings (SSSR count). The molecule has 9 heteroatoms. The third kappa shape index (κ3) is 2.49. The number of nitro benzene ring substituents is 1. The van der Waals surface area contributed by atoms with Crippen molar-refractivity contribution in [1.29, 1.82) is 0 Å². The predicted molar refractivity (Wildman–Crippen MR) is 112 cm³/mol. The highest BCUT2D eigenvalue weighted by Gasteiger charge is 2.47. The molecule has 31 heavy (non-hydrogen) atoms. The Bertz CT molecular complexity index is 1460. The van der Waals surface area contributed by atoms with Crippen molar-refractivity contribution in [2.24, 2.45) is 25.0 Å². The number of carbonyl (C=O) groups is 1. The van der Waals surface area contributed by atoms with E-state index in [0.29, 0.717) is 22.4 Å². The van der Waals surface area contributed by atoms with E-state index in [4.69, 9.17) is 0 Å². The van der Waals surface area contributed by atoms with Gasteiger partial charge in [-0.1, -0.05) is 36.4 Å². The lowest BCUT2D eigenvalue weighted by Crippen LogP contribution is -2.43. The van der Waals surface area contributed by atoms with Crippen molar-refractivity contribution in [1.82, 2.24) is 9.13 Å². The fraction of sp³-hybridized carbons (Fsp3) is 0.182. The van der Waals surface area contributed by atoms with Crippen LogP contribution in [0.1, 0.15) is 33.0 Å². The number of nitro groups is 1. The molecule has 9 nitrogen and oxygen atoms in total. The van der Waals surface area contributed by atoms with Gasteiger partial charge in [-0.15, -0.1) is 0 Å². The Hall–Kier alpha value is -4.14. The summed E-state index contributed by atoms with van der Waals surface area (Å²) < 4.78 is 2.24. The smallest absolute Gasteiger partial charge is 0.293 e. The maximum atomic E-state index is 13.4. The summed E-state index contributed by atoms with van der Waals surface area (Å²) in [5, 5.41) is 11.4. The molecule has 0 unspecified atom stereocenters. The summed E-state index contributed by atoms with van der Waals surface area (Å²) in [6.07, 6.45) is 0. The number of aromatic nitrogens is 2. The van der Waals surface area contributed by atoms with Crippen LogP contribution in [-0.4, -0.2) is 25.6 Å². The summed E-state index contributed by atoms with van der Waals surface area (Å²) in [6, 6.07) is 12.9. The zero-order valence-corrected chi connectivity index (χ0v) is 16.6. The van der Waals surface area contributed by atoms with Crippen molar-refractivity contribution in [2.45, 2.75) is 5.92 Å². The lowest BCUT2D eigenvalue weighted by molar-refractivity contribution is -0.384. The number of Topliss-reactive ketones (excluding diaryl/α,β-unsaturated/α-hetero) is 1. The fourth-order valence-electron chi connectivity index (χ4n) is 4.56. The first-order valence-electron chi connectivity index (χ1n) is 9.57. The fourth-order valence-corrected chi connectivity index (χ4v) is 4.56. The third-order valence-corrected chi connectivity index (χ3v) is 6.02. The summed E-state index contributed by atoms with van der Waals surface area (Å²) >= 11 is 0. The third-order valence-electron chi connectivity index (χ3n) is 6.02. The molecule has 1 aromatic heterocycles. The van der Waals surface area contributed by atoms with Crippen LogP contribution >= 0.6 is 0 Å². The van der Waals surface area contributed by atoms with E-state index in [1.807, 2.05) is 0 Å². The van der Waals surface area contributed by atoms with Crippen LogP contribution in [0.4, 0.5) is 11.5 Å². The van der Waals surface area contributed by atoms with Crippen molar-refractivity contribution < 1.29 is 9.72 Å². The molecule has 2 heterocycles. The van der Waals surface area contributed by atoms with Crippen molar-refractivity contribution in [3.63, 3.8) is 0 Å². The van der Waals surface area contributed by atoms with Gasteiger partial charge in [0.05, 0.1) is 22.1 Å². The molecule has 0 spiro atoms. The van der Waals surface area contributed by atoms with Gasteiger partial charge < -0.3 is 0 Å². The van der Waals surface area contributed by atoms with E-state index >= 15 is 0 Å². The number of carbonyl (C=O) groups excluding carboxylic acids is 1. The molecular weight excluding hydrogens is 400 g/mol. The highest BCUT2D eigenvalue weighted by Crippen LogP contribution is 2.46. The van der Waals surface area contributed by atoms with E-state index in [1.54, 1.807) is 30.3 Å². The molecule has 0 amide bonds. The molecule has 2 aromatic carbocycles. The van der Waals surface area contributed by atoms with Crippen LogP contribution < -0.4 is 11.2 Å². The Balaban J connectivity index is 1.89. The molecule has 1 aliphatic heterocycles. The number of ketones is 1. The number of rotatable bonds is 2. The van der Waals surface area contributed by atoms with Crippen LogP contribution in [0.3, 0.4) is 0 Å². The maximum Gasteiger partial charge on any atom is 0.332 e. The molecule has 2 atom stereocenters. The highest BCUT2D eigenvalue weighted by molar-refractivity contribution is 6.30. The van der Waals surface area contributed by atoms with Crippen LogP contribution in [0.2, 0.25) is 0 Å². The molecule has 2 aliphatic rings. The van der Waals surface area contributed by atoms with E-state index in [1.165, 1.54) is 36.9 Å². The Labute approximate surface area is 175 Å². The molecule has 0 saturated heterocycles. The molecule has 0 saturated carbocycles. The van der Waals surface area contributed by atoms with Gasteiger partial charge in [0.2, 0.25) is 0 Å². The summed E-state index contributed by atoms with van der Waals surface area (Å²) in [4.78, 5) is 54.6. The lowest BCUT2D eigenvalue weighted by atomic mass is 9.76. The van der Waals surface area contributed by atoms with Crippen molar-refractivity contribution in [2.75, 3.05) is 0 Å². The minimum atomic E-state index is -0.812. The van der Waals surface area contributed by atoms with Crippen molar-refractivity contribution >= 4 is 23.0 Å². The minimum Gasteiger partial charge on any atom is -0.293 e. The Morgan fingerprint density at radius 3 is 2.35 bits per heavy atom. The number of hydrogen-bond donors (Lipinski definition) is 0. The molecule has 154 valence electrons. The van der Waals surface area contributed by atoms with E-state index < -0.39 is 28.0 Å². The first-order valence-corrected chi connectivity index (χ1v) is 9.57. The van der Waals surface area contributed by atoms with E-state index in [2.05, 4.69) is 4.99 Å². The highest BCUT2D eigenvalue weighted by atomic mass is 16.6. The summed E-state index contributed by atoms with van der Waals surface area (Å²) in [5.41, 5.74) is 0.969. The first kappa shape index (κ1) is 18.9. The molecule has 0 N–H and O–H groups in total. The normalized spacial score (nSPS) is 18.8. The molecular formula is C22H16N4O5. The average molecular weight is 416 g/mol. The molecule has 0 fully saturated rings. The van der Waals surface area contributed by atoms with Gasteiger partial charge in [-0.25, -0.2) is 9.79 Å². The van der Waals surface area contributed by atoms with Gasteiger partial charge in [0.1, 0.15) is 5.82 Å². The molecule has 1 aliphatic carbocycles. The lowest BCUT2D eigenvalue weighted by Gasteiger charge is -2.29. The Morgan fingerprint density at radius 2 is 1.65 bits per heavy atom. The summed E-state index contributed by atoms with van der Waals surface area (Å²) in [6.45, 7) is 0. The number of hydrogen-bond acceptors (Lipinski definition) is 6. The second-order valence-corrected chi connectivity index (χ2v) is 7.66. The number of fused-ring (bicyclic) bond motifs is 4. The van der Waals surface area contributed by atoms with Gasteiger partial charge in [0, 0.05) is 43.3 Å². The Kier molecular flexibility index (Phi) is 3.91. The summed E-state index contributed by atoms with van der Waals surface area (Å²) in [7, 11) is 2.87. The number of nitrogens with zero attached hydrogens (tertiary/aromatic N) is 4. The monoisotopic (exact) mass is 416 g/mol. The molecule has 0 radical (unpaired) electrons. The van der Waals surface area contributed by atoms with E-state index in [9.17, 15) is 24.5 Å². The van der Waals surface area contributed by atoms with Gasteiger partial charge in [0.25, 0.3) is 11.2 Å². The zero-order chi connectivity index (χ0) is 22.0. The van der Waals surface area contributed by atoms with Crippen LogP contribution in [0.15, 0.2) is 63.1 Å². The number of aliphatic imine (C=N–C) groups is 1. The average Bonchev–Trinajstić information content (AvgIpc) is 3.07. The molecule has 3 aromatic rings. The minimum absolute atomic E-state index is 0.146. The van der Waals surface area contributed by atoms with Gasteiger partial charge in [-0.05, 0) is 5.56 Å². The van der Waals surface area contributed by atoms with Gasteiger partial charge in [-0.2, -0.15) is 0 Å². The van der Waals surface area contributed by atoms with Gasteiger partial charge in [-0.3, -0.25) is 28.8 Å². The zero-order valence-electron chi connectivity index (χ0n) is 16.6. The standard InChI is InChI=1S/C22H16N4O5/c1-24-20-17(21(28)25(2)22(24)29)15(11-6-5-7-12(10-11)26(30)31)16-18(23-20)13-8-3-4-9-14(13)19(16)27/h3-10,15-16H,1-2H3/t15-,16+/m0/s1. The van der Waals surface area contributed by atoms with Crippen LogP contribution in [0, 0.1) is 16.0 Å². The predicted octanol–water partition coefficient (Wildman–Crippen LogP) is 2.07. The van der Waals surface area contributed by atoms with Crippen molar-refractivity contribution in [3.05, 3.63) is 102 Å². The Morgan fingerprint density at radius 1 is 0.935 bits per heavy atom. The van der Waals surface area contributed by atoms with Crippen LogP contribution in [-0.2, 0) is 14.1 Å². The SMILES string of the molecule is Cn1c2c(c(=O)n(C)c1=O)[C@@H](c1cccc([N+](=O)[O-])c1)[C@H]1C(=O)c3ccccc3C1=N2. The van der Waals surface area contributed by atoms with Crippen LogP contribution in [0.5, 0.6) is 0 Å². The topological polar surface area (TPSA) is 117 Å². The second-order valence-electron chi connectivity index (χ2n) is 7.66.